The van der Waals surface area contributed by atoms with Gasteiger partial charge in [0.15, 0.2) is 5.82 Å². The monoisotopic (exact) mass is 207 g/mol. The number of pyridine rings is 1. The fraction of sp³-hybridized carbons (Fsp3) is 0. The van der Waals surface area contributed by atoms with Crippen molar-refractivity contribution >= 4 is 10.9 Å². The fourth-order valence-electron chi connectivity index (χ4n) is 1.64. The number of benzene rings is 1. The maximum Gasteiger partial charge on any atom is 0.160 e. The largest absolute Gasteiger partial charge is 0.255 e. The van der Waals surface area contributed by atoms with Crippen molar-refractivity contribution in [3.8, 4) is 11.4 Å². The van der Waals surface area contributed by atoms with Crippen LogP contribution in [0.4, 0.5) is 0 Å². The van der Waals surface area contributed by atoms with Crippen molar-refractivity contribution in [3.63, 3.8) is 0 Å². The molecule has 3 rings (SSSR count). The number of hydrogen-bond donors (Lipinski definition) is 0. The van der Waals surface area contributed by atoms with Gasteiger partial charge in [0.1, 0.15) is 0 Å². The molecule has 0 radical (unpaired) electrons. The van der Waals surface area contributed by atoms with E-state index in [1.165, 1.54) is 0 Å². The summed E-state index contributed by atoms with van der Waals surface area (Å²) in [5.41, 5.74) is 1.93. The van der Waals surface area contributed by atoms with Gasteiger partial charge in [0.25, 0.3) is 0 Å². The van der Waals surface area contributed by atoms with Crippen molar-refractivity contribution in [1.82, 2.24) is 15.0 Å². The van der Waals surface area contributed by atoms with Gasteiger partial charge in [-0.3, -0.25) is 4.98 Å². The number of nitrogens with zero attached hydrogens (tertiary/aromatic N) is 3. The predicted octanol–water partition coefficient (Wildman–Crippen LogP) is 2.69. The summed E-state index contributed by atoms with van der Waals surface area (Å²) in [5, 5.41) is 1.10. The first-order valence-corrected chi connectivity index (χ1v) is 5.06. The highest BCUT2D eigenvalue weighted by atomic mass is 14.9. The second kappa shape index (κ2) is 3.70. The molecule has 0 fully saturated rings. The van der Waals surface area contributed by atoms with Gasteiger partial charge in [0.2, 0.25) is 0 Å². The summed E-state index contributed by atoms with van der Waals surface area (Å²) in [4.78, 5) is 12.8. The number of rotatable bonds is 1. The molecule has 0 unspecified atom stereocenters. The third-order valence-electron chi connectivity index (χ3n) is 2.41. The molecule has 0 saturated carbocycles. The molecule has 0 bridgehead atoms. The van der Waals surface area contributed by atoms with Crippen LogP contribution >= 0.6 is 0 Å². The topological polar surface area (TPSA) is 38.7 Å². The Hall–Kier alpha value is -2.29. The Morgan fingerprint density at radius 3 is 2.50 bits per heavy atom. The lowest BCUT2D eigenvalue weighted by Crippen LogP contribution is -1.88. The second-order valence-corrected chi connectivity index (χ2v) is 3.49. The summed E-state index contributed by atoms with van der Waals surface area (Å²) in [6.45, 7) is 0. The first-order chi connectivity index (χ1) is 7.93. The predicted molar refractivity (Wildman–Crippen MR) is 62.8 cm³/mol. The molecule has 3 nitrogen and oxygen atoms in total. The summed E-state index contributed by atoms with van der Waals surface area (Å²) in [6.07, 6.45) is 5.27. The molecule has 0 saturated heterocycles. The van der Waals surface area contributed by atoms with E-state index in [0.717, 1.165) is 16.5 Å². The number of hydrogen-bond acceptors (Lipinski definition) is 3. The molecule has 0 spiro atoms. The molecule has 3 aromatic rings. The maximum absolute atomic E-state index is 4.38. The molecule has 2 heterocycles. The van der Waals surface area contributed by atoms with Crippen LogP contribution in [0.3, 0.4) is 0 Å². The molecule has 76 valence electrons. The Balaban J connectivity index is 2.19. The van der Waals surface area contributed by atoms with E-state index in [2.05, 4.69) is 21.0 Å². The Morgan fingerprint density at radius 1 is 0.812 bits per heavy atom. The van der Waals surface area contributed by atoms with E-state index < -0.39 is 0 Å². The first kappa shape index (κ1) is 8.97. The molecule has 0 atom stereocenters. The van der Waals surface area contributed by atoms with Crippen LogP contribution in [0.25, 0.3) is 22.3 Å². The Bertz CT molecular complexity index is 620. The van der Waals surface area contributed by atoms with Crippen LogP contribution in [0.15, 0.2) is 55.0 Å². The first-order valence-electron chi connectivity index (χ1n) is 5.06. The van der Waals surface area contributed by atoms with Gasteiger partial charge in [-0.05, 0) is 18.2 Å². The summed E-state index contributed by atoms with van der Waals surface area (Å²) in [5.74, 6) is 0.709. The third kappa shape index (κ3) is 1.52. The average Bonchev–Trinajstić information content (AvgIpc) is 2.39. The highest BCUT2D eigenvalue weighted by molar-refractivity contribution is 5.82. The zero-order valence-corrected chi connectivity index (χ0v) is 8.54. The van der Waals surface area contributed by atoms with Gasteiger partial charge in [-0.1, -0.05) is 18.2 Å². The van der Waals surface area contributed by atoms with Crippen LogP contribution in [0, 0.1) is 0 Å². The number of fused-ring (bicyclic) bond motifs is 1. The normalized spacial score (nSPS) is 10.5. The van der Waals surface area contributed by atoms with E-state index in [-0.39, 0.29) is 0 Å². The van der Waals surface area contributed by atoms with Crippen molar-refractivity contribution < 1.29 is 0 Å². The smallest absolute Gasteiger partial charge is 0.160 e. The Kier molecular flexibility index (Phi) is 2.07. The molecule has 0 amide bonds. The fourth-order valence-corrected chi connectivity index (χ4v) is 1.64. The molecule has 16 heavy (non-hydrogen) atoms. The second-order valence-electron chi connectivity index (χ2n) is 3.49. The van der Waals surface area contributed by atoms with E-state index in [1.54, 1.807) is 24.7 Å². The highest BCUT2D eigenvalue weighted by Crippen LogP contribution is 2.18. The van der Waals surface area contributed by atoms with Crippen LogP contribution in [0.2, 0.25) is 0 Å². The summed E-state index contributed by atoms with van der Waals surface area (Å²) in [6, 6.07) is 11.9. The van der Waals surface area contributed by atoms with E-state index in [4.69, 9.17) is 0 Å². The number of aromatic nitrogens is 3. The summed E-state index contributed by atoms with van der Waals surface area (Å²) in [7, 11) is 0. The van der Waals surface area contributed by atoms with Crippen molar-refractivity contribution in [2.75, 3.05) is 0 Å². The van der Waals surface area contributed by atoms with E-state index >= 15 is 0 Å². The standard InChI is InChI=1S/C13H9N3/c1-2-5-12-10(4-1)8-11(9-16-12)13-14-6-3-7-15-13/h1-9H. The maximum atomic E-state index is 4.38. The van der Waals surface area contributed by atoms with Gasteiger partial charge in [-0.2, -0.15) is 0 Å². The van der Waals surface area contributed by atoms with Gasteiger partial charge in [0, 0.05) is 29.5 Å². The number of para-hydroxylation sites is 1. The lowest BCUT2D eigenvalue weighted by molar-refractivity contribution is 1.17. The van der Waals surface area contributed by atoms with E-state index in [9.17, 15) is 0 Å². The summed E-state index contributed by atoms with van der Waals surface area (Å²) < 4.78 is 0. The van der Waals surface area contributed by atoms with Crippen LogP contribution < -0.4 is 0 Å². The minimum atomic E-state index is 0.709. The van der Waals surface area contributed by atoms with Gasteiger partial charge in [-0.15, -0.1) is 0 Å². The third-order valence-corrected chi connectivity index (χ3v) is 2.41. The summed E-state index contributed by atoms with van der Waals surface area (Å²) >= 11 is 0. The van der Waals surface area contributed by atoms with Crippen LogP contribution in [0.1, 0.15) is 0 Å². The molecule has 0 aliphatic rings. The van der Waals surface area contributed by atoms with Crippen molar-refractivity contribution in [2.24, 2.45) is 0 Å². The lowest BCUT2D eigenvalue weighted by Gasteiger charge is -2.00. The molecule has 0 aliphatic heterocycles. The molecule has 0 aliphatic carbocycles. The van der Waals surface area contributed by atoms with Gasteiger partial charge in [0.05, 0.1) is 5.52 Å². The minimum absolute atomic E-state index is 0.709. The van der Waals surface area contributed by atoms with E-state index in [0.29, 0.717) is 5.82 Å². The highest BCUT2D eigenvalue weighted by Gasteiger charge is 2.01. The zero-order chi connectivity index (χ0) is 10.8. The van der Waals surface area contributed by atoms with Gasteiger partial charge < -0.3 is 0 Å². The molecular formula is C13H9N3. The zero-order valence-electron chi connectivity index (χ0n) is 8.54. The molecule has 2 aromatic heterocycles. The quantitative estimate of drug-likeness (QED) is 0.615. The van der Waals surface area contributed by atoms with Gasteiger partial charge in [-0.25, -0.2) is 9.97 Å². The van der Waals surface area contributed by atoms with Crippen molar-refractivity contribution in [1.29, 1.82) is 0 Å². The lowest BCUT2D eigenvalue weighted by atomic mass is 10.1. The SMILES string of the molecule is c1cnc(-c2cnc3ccccc3c2)nc1. The van der Waals surface area contributed by atoms with Crippen LogP contribution in [0.5, 0.6) is 0 Å². The van der Waals surface area contributed by atoms with Crippen molar-refractivity contribution in [3.05, 3.63) is 55.0 Å². The van der Waals surface area contributed by atoms with E-state index in [1.807, 2.05) is 24.3 Å². The van der Waals surface area contributed by atoms with Crippen LogP contribution in [-0.2, 0) is 0 Å². The molecular weight excluding hydrogens is 198 g/mol. The molecule has 3 heteroatoms. The average molecular weight is 207 g/mol. The molecule has 0 N–H and O–H groups in total. The van der Waals surface area contributed by atoms with Crippen molar-refractivity contribution in [2.45, 2.75) is 0 Å². The minimum Gasteiger partial charge on any atom is -0.255 e. The van der Waals surface area contributed by atoms with Gasteiger partial charge >= 0.3 is 0 Å². The van der Waals surface area contributed by atoms with Crippen LogP contribution in [-0.4, -0.2) is 15.0 Å². The Labute approximate surface area is 92.8 Å². The molecule has 1 aromatic carbocycles. The Morgan fingerprint density at radius 2 is 1.62 bits per heavy atom.